The summed E-state index contributed by atoms with van der Waals surface area (Å²) in [5, 5.41) is 12.3. The standard InChI is InChI=1S/C10H10N2OS/c1-12(2)6-9(5-11)10(13)8-3-4-14-7-8/h3-4,6-7H,1-2H3/b9-6-. The lowest BCUT2D eigenvalue weighted by Gasteiger charge is -2.04. The maximum Gasteiger partial charge on any atom is 0.205 e. The maximum absolute atomic E-state index is 11.7. The lowest BCUT2D eigenvalue weighted by molar-refractivity contribution is 0.103. The summed E-state index contributed by atoms with van der Waals surface area (Å²) >= 11 is 1.44. The summed E-state index contributed by atoms with van der Waals surface area (Å²) in [6.45, 7) is 0. The van der Waals surface area contributed by atoms with E-state index in [9.17, 15) is 4.79 Å². The number of carbonyl (C=O) groups excluding carboxylic acids is 1. The number of Topliss-reactive ketones (excluding diaryl/α,β-unsaturated/α-hetero) is 1. The summed E-state index contributed by atoms with van der Waals surface area (Å²) in [5.74, 6) is -0.220. The Bertz CT molecular complexity index is 385. The lowest BCUT2D eigenvalue weighted by atomic mass is 10.1. The number of hydrogen-bond acceptors (Lipinski definition) is 4. The zero-order valence-electron chi connectivity index (χ0n) is 8.02. The first-order valence-corrected chi connectivity index (χ1v) is 4.94. The fourth-order valence-corrected chi connectivity index (χ4v) is 1.58. The van der Waals surface area contributed by atoms with Gasteiger partial charge < -0.3 is 4.90 Å². The molecule has 1 aromatic rings. The van der Waals surface area contributed by atoms with Crippen molar-refractivity contribution in [2.24, 2.45) is 0 Å². The van der Waals surface area contributed by atoms with Gasteiger partial charge in [0.05, 0.1) is 0 Å². The third-order valence-electron chi connectivity index (χ3n) is 1.54. The van der Waals surface area contributed by atoms with Crippen molar-refractivity contribution in [2.45, 2.75) is 0 Å². The third-order valence-corrected chi connectivity index (χ3v) is 2.22. The summed E-state index contributed by atoms with van der Waals surface area (Å²) in [4.78, 5) is 13.3. The van der Waals surface area contributed by atoms with Crippen LogP contribution in [0.2, 0.25) is 0 Å². The molecule has 14 heavy (non-hydrogen) atoms. The van der Waals surface area contributed by atoms with Gasteiger partial charge in [0.1, 0.15) is 11.6 Å². The van der Waals surface area contributed by atoms with E-state index in [0.29, 0.717) is 5.56 Å². The first kappa shape index (κ1) is 10.5. The number of ketones is 1. The summed E-state index contributed by atoms with van der Waals surface area (Å²) in [6.07, 6.45) is 1.53. The predicted octanol–water partition coefficient (Wildman–Crippen LogP) is 1.90. The van der Waals surface area contributed by atoms with E-state index >= 15 is 0 Å². The number of thiophene rings is 1. The molecular weight excluding hydrogens is 196 g/mol. The molecule has 1 aromatic heterocycles. The predicted molar refractivity (Wildman–Crippen MR) is 56.0 cm³/mol. The molecule has 4 heteroatoms. The highest BCUT2D eigenvalue weighted by molar-refractivity contribution is 7.08. The quantitative estimate of drug-likeness (QED) is 0.431. The molecule has 0 aliphatic rings. The van der Waals surface area contributed by atoms with Gasteiger partial charge in [-0.05, 0) is 11.4 Å². The molecule has 1 rings (SSSR count). The Morgan fingerprint density at radius 1 is 1.64 bits per heavy atom. The number of nitrogens with zero attached hydrogens (tertiary/aromatic N) is 2. The molecule has 3 nitrogen and oxygen atoms in total. The van der Waals surface area contributed by atoms with E-state index < -0.39 is 0 Å². The van der Waals surface area contributed by atoms with Gasteiger partial charge in [-0.3, -0.25) is 4.79 Å². The topological polar surface area (TPSA) is 44.1 Å². The second-order valence-corrected chi connectivity index (χ2v) is 3.74. The molecule has 72 valence electrons. The van der Waals surface area contributed by atoms with E-state index in [1.807, 2.05) is 11.4 Å². The van der Waals surface area contributed by atoms with Crippen LogP contribution in [-0.4, -0.2) is 24.8 Å². The van der Waals surface area contributed by atoms with E-state index in [-0.39, 0.29) is 11.4 Å². The fourth-order valence-electron chi connectivity index (χ4n) is 0.946. The van der Waals surface area contributed by atoms with Crippen LogP contribution in [0.5, 0.6) is 0 Å². The molecule has 0 fully saturated rings. The Balaban J connectivity index is 2.94. The minimum Gasteiger partial charge on any atom is -0.382 e. The van der Waals surface area contributed by atoms with Crippen molar-refractivity contribution in [3.8, 4) is 6.07 Å². The Morgan fingerprint density at radius 2 is 2.36 bits per heavy atom. The molecule has 0 aliphatic heterocycles. The molecule has 0 N–H and O–H groups in total. The van der Waals surface area contributed by atoms with Gasteiger partial charge in [0.15, 0.2) is 0 Å². The van der Waals surface area contributed by atoms with Crippen molar-refractivity contribution in [1.29, 1.82) is 5.26 Å². The van der Waals surface area contributed by atoms with Crippen molar-refractivity contribution >= 4 is 17.1 Å². The van der Waals surface area contributed by atoms with E-state index in [2.05, 4.69) is 0 Å². The average molecular weight is 206 g/mol. The first-order valence-electron chi connectivity index (χ1n) is 4.00. The Hall–Kier alpha value is -1.60. The average Bonchev–Trinajstić information content (AvgIpc) is 2.65. The van der Waals surface area contributed by atoms with Gasteiger partial charge in [0, 0.05) is 31.2 Å². The summed E-state index contributed by atoms with van der Waals surface area (Å²) in [7, 11) is 3.55. The van der Waals surface area contributed by atoms with Crippen molar-refractivity contribution in [3.05, 3.63) is 34.2 Å². The Kier molecular flexibility index (Phi) is 3.43. The summed E-state index contributed by atoms with van der Waals surface area (Å²) < 4.78 is 0. The van der Waals surface area contributed by atoms with E-state index in [4.69, 9.17) is 5.26 Å². The lowest BCUT2D eigenvalue weighted by Crippen LogP contribution is -2.08. The van der Waals surface area contributed by atoms with Crippen molar-refractivity contribution in [3.63, 3.8) is 0 Å². The van der Waals surface area contributed by atoms with Crippen LogP contribution in [0.15, 0.2) is 28.6 Å². The molecule has 0 spiro atoms. The minimum atomic E-state index is -0.220. The van der Waals surface area contributed by atoms with E-state index in [1.165, 1.54) is 17.5 Å². The number of carbonyl (C=O) groups is 1. The van der Waals surface area contributed by atoms with Gasteiger partial charge in [-0.15, -0.1) is 0 Å². The smallest absolute Gasteiger partial charge is 0.205 e. The first-order chi connectivity index (χ1) is 6.65. The van der Waals surface area contributed by atoms with Crippen LogP contribution in [0.1, 0.15) is 10.4 Å². The molecule has 0 radical (unpaired) electrons. The van der Waals surface area contributed by atoms with Gasteiger partial charge in [0.2, 0.25) is 5.78 Å². The van der Waals surface area contributed by atoms with Crippen LogP contribution in [0, 0.1) is 11.3 Å². The molecule has 0 saturated heterocycles. The molecule has 0 atom stereocenters. The SMILES string of the molecule is CN(C)/C=C(/C#N)C(=O)c1ccsc1. The van der Waals surface area contributed by atoms with Gasteiger partial charge >= 0.3 is 0 Å². The van der Waals surface area contributed by atoms with Gasteiger partial charge in [-0.1, -0.05) is 0 Å². The highest BCUT2D eigenvalue weighted by Crippen LogP contribution is 2.11. The molecule has 0 bridgehead atoms. The van der Waals surface area contributed by atoms with Crippen molar-refractivity contribution in [1.82, 2.24) is 4.90 Å². The third kappa shape index (κ3) is 2.44. The highest BCUT2D eigenvalue weighted by Gasteiger charge is 2.12. The van der Waals surface area contributed by atoms with Gasteiger partial charge in [0.25, 0.3) is 0 Å². The molecule has 0 saturated carbocycles. The van der Waals surface area contributed by atoms with Crippen LogP contribution in [-0.2, 0) is 0 Å². The van der Waals surface area contributed by atoms with Gasteiger partial charge in [-0.2, -0.15) is 16.6 Å². The maximum atomic E-state index is 11.7. The van der Waals surface area contributed by atoms with Crippen molar-refractivity contribution in [2.75, 3.05) is 14.1 Å². The minimum absolute atomic E-state index is 0.161. The van der Waals surface area contributed by atoms with Crippen LogP contribution in [0.3, 0.4) is 0 Å². The summed E-state index contributed by atoms with van der Waals surface area (Å²) in [6, 6.07) is 3.61. The van der Waals surface area contributed by atoms with Crippen LogP contribution < -0.4 is 0 Å². The van der Waals surface area contributed by atoms with Crippen LogP contribution in [0.25, 0.3) is 0 Å². The molecule has 0 aromatic carbocycles. The van der Waals surface area contributed by atoms with E-state index in [0.717, 1.165) is 0 Å². The molecule has 0 unspecified atom stereocenters. The zero-order valence-corrected chi connectivity index (χ0v) is 8.84. The highest BCUT2D eigenvalue weighted by atomic mass is 32.1. The molecular formula is C10H10N2OS. The monoisotopic (exact) mass is 206 g/mol. The van der Waals surface area contributed by atoms with Crippen LogP contribution >= 0.6 is 11.3 Å². The largest absolute Gasteiger partial charge is 0.382 e. The molecule has 0 aliphatic carbocycles. The zero-order chi connectivity index (χ0) is 10.6. The number of hydrogen-bond donors (Lipinski definition) is 0. The van der Waals surface area contributed by atoms with E-state index in [1.54, 1.807) is 30.4 Å². The van der Waals surface area contributed by atoms with Gasteiger partial charge in [-0.25, -0.2) is 0 Å². The summed E-state index contributed by atoms with van der Waals surface area (Å²) in [5.41, 5.74) is 0.734. The Labute approximate surface area is 86.9 Å². The number of rotatable bonds is 3. The Morgan fingerprint density at radius 3 is 2.79 bits per heavy atom. The molecule has 1 heterocycles. The van der Waals surface area contributed by atoms with Crippen LogP contribution in [0.4, 0.5) is 0 Å². The molecule has 0 amide bonds. The normalized spacial score (nSPS) is 10.8. The second kappa shape index (κ2) is 4.58. The number of allylic oxidation sites excluding steroid dienone is 1. The van der Waals surface area contributed by atoms with Crippen molar-refractivity contribution < 1.29 is 4.79 Å². The fraction of sp³-hybridized carbons (Fsp3) is 0.200. The number of nitriles is 1. The second-order valence-electron chi connectivity index (χ2n) is 2.96.